The Hall–Kier alpha value is -0.670. The van der Waals surface area contributed by atoms with E-state index in [0.29, 0.717) is 0 Å². The molecule has 3 heteroatoms. The molecule has 0 radical (unpaired) electrons. The maximum absolute atomic E-state index is 10.8. The van der Waals surface area contributed by atoms with Gasteiger partial charge in [-0.1, -0.05) is 0 Å². The number of hydrogen-bond donors (Lipinski definition) is 0. The molecule has 3 nitrogen and oxygen atoms in total. The molecule has 0 bridgehead atoms. The quantitative estimate of drug-likeness (QED) is 0.535. The molecule has 0 aromatic rings. The maximum Gasteiger partial charge on any atom is 0.184 e. The van der Waals surface area contributed by atoms with E-state index >= 15 is 0 Å². The van der Waals surface area contributed by atoms with E-state index in [1.54, 1.807) is 13.0 Å². The molecule has 10 heavy (non-hydrogen) atoms. The summed E-state index contributed by atoms with van der Waals surface area (Å²) < 4.78 is 9.94. The minimum Gasteiger partial charge on any atom is -0.352 e. The zero-order valence-corrected chi connectivity index (χ0v) is 6.03. The van der Waals surface area contributed by atoms with Gasteiger partial charge in [-0.2, -0.15) is 0 Å². The molecule has 1 aliphatic rings. The van der Waals surface area contributed by atoms with Gasteiger partial charge in [0.1, 0.15) is 6.10 Å². The number of hydrogen-bond acceptors (Lipinski definition) is 3. The van der Waals surface area contributed by atoms with Crippen LogP contribution in [-0.2, 0) is 14.3 Å². The predicted molar refractivity (Wildman–Crippen MR) is 35.5 cm³/mol. The molecule has 0 saturated carbocycles. The lowest BCUT2D eigenvalue weighted by Crippen LogP contribution is -2.29. The molecule has 0 N–H and O–H groups in total. The molecular weight excluding hydrogens is 132 g/mol. The first-order valence-electron chi connectivity index (χ1n) is 3.14. The van der Waals surface area contributed by atoms with Crippen LogP contribution in [0.4, 0.5) is 0 Å². The summed E-state index contributed by atoms with van der Waals surface area (Å²) in [6.07, 6.45) is 2.37. The monoisotopic (exact) mass is 142 g/mol. The highest BCUT2D eigenvalue weighted by Crippen LogP contribution is 2.08. The summed E-state index contributed by atoms with van der Waals surface area (Å²) in [5, 5.41) is 0. The zero-order valence-electron chi connectivity index (χ0n) is 6.03. The molecule has 0 fully saturated rings. The highest BCUT2D eigenvalue weighted by Gasteiger charge is 2.19. The summed E-state index contributed by atoms with van der Waals surface area (Å²) in [6.45, 7) is 1.71. The first-order chi connectivity index (χ1) is 4.74. The van der Waals surface area contributed by atoms with Crippen molar-refractivity contribution in [2.24, 2.45) is 0 Å². The zero-order chi connectivity index (χ0) is 7.56. The third kappa shape index (κ3) is 1.43. The molecule has 56 valence electrons. The second-order valence-corrected chi connectivity index (χ2v) is 2.14. The fourth-order valence-electron chi connectivity index (χ4n) is 0.757. The number of ether oxygens (including phenoxy) is 2. The van der Waals surface area contributed by atoms with E-state index in [1.807, 2.05) is 0 Å². The van der Waals surface area contributed by atoms with Crippen LogP contribution in [0.15, 0.2) is 12.2 Å². The number of carbonyl (C=O) groups excluding carboxylic acids is 1. The molecule has 0 aromatic heterocycles. The van der Waals surface area contributed by atoms with Crippen LogP contribution < -0.4 is 0 Å². The van der Waals surface area contributed by atoms with E-state index < -0.39 is 0 Å². The standard InChI is InChI=1S/C7H10O3/c1-5-6(8)3-4-7(9-2)10-5/h3-5,7H,1-2H3/t5-,7+/m1/s1. The van der Waals surface area contributed by atoms with Crippen molar-refractivity contribution >= 4 is 5.78 Å². The number of rotatable bonds is 1. The van der Waals surface area contributed by atoms with Crippen LogP contribution in [0, 0.1) is 0 Å². The Morgan fingerprint density at radius 3 is 2.90 bits per heavy atom. The minimum absolute atomic E-state index is 0.00620. The van der Waals surface area contributed by atoms with E-state index in [0.717, 1.165) is 0 Å². The SMILES string of the molecule is CO[C@@H]1C=CC(=O)[C@@H](C)O1. The molecule has 1 rings (SSSR count). The average Bonchev–Trinajstić information content (AvgIpc) is 1.95. The first kappa shape index (κ1) is 7.44. The van der Waals surface area contributed by atoms with Gasteiger partial charge < -0.3 is 9.47 Å². The van der Waals surface area contributed by atoms with Gasteiger partial charge in [0.05, 0.1) is 0 Å². The second-order valence-electron chi connectivity index (χ2n) is 2.14. The molecule has 0 unspecified atom stereocenters. The number of carbonyl (C=O) groups is 1. The van der Waals surface area contributed by atoms with Crippen LogP contribution in [0.1, 0.15) is 6.92 Å². The molecule has 0 spiro atoms. The van der Waals surface area contributed by atoms with Crippen molar-refractivity contribution < 1.29 is 14.3 Å². The molecule has 0 amide bonds. The van der Waals surface area contributed by atoms with Gasteiger partial charge >= 0.3 is 0 Å². The topological polar surface area (TPSA) is 35.5 Å². The molecule has 1 heterocycles. The lowest BCUT2D eigenvalue weighted by molar-refractivity contribution is -0.151. The molecule has 0 aromatic carbocycles. The molecule has 0 aliphatic carbocycles. The Kier molecular flexibility index (Phi) is 2.19. The summed E-state index contributed by atoms with van der Waals surface area (Å²) >= 11 is 0. The van der Waals surface area contributed by atoms with Crippen molar-refractivity contribution in [1.29, 1.82) is 0 Å². The highest BCUT2D eigenvalue weighted by atomic mass is 16.7. The van der Waals surface area contributed by atoms with E-state index in [2.05, 4.69) is 0 Å². The van der Waals surface area contributed by atoms with Gasteiger partial charge in [0.15, 0.2) is 12.1 Å². The fraction of sp³-hybridized carbons (Fsp3) is 0.571. The van der Waals surface area contributed by atoms with Crippen molar-refractivity contribution in [3.8, 4) is 0 Å². The number of methoxy groups -OCH3 is 1. The second kappa shape index (κ2) is 2.94. The third-order valence-electron chi connectivity index (χ3n) is 1.39. The highest BCUT2D eigenvalue weighted by molar-refractivity contribution is 5.93. The van der Waals surface area contributed by atoms with Crippen molar-refractivity contribution in [2.75, 3.05) is 7.11 Å². The van der Waals surface area contributed by atoms with Gasteiger partial charge in [-0.05, 0) is 19.1 Å². The summed E-state index contributed by atoms with van der Waals surface area (Å²) in [5.41, 5.74) is 0. The summed E-state index contributed by atoms with van der Waals surface area (Å²) in [4.78, 5) is 10.8. The van der Waals surface area contributed by atoms with E-state index in [-0.39, 0.29) is 18.2 Å². The molecular formula is C7H10O3. The van der Waals surface area contributed by atoms with Gasteiger partial charge in [-0.15, -0.1) is 0 Å². The first-order valence-corrected chi connectivity index (χ1v) is 3.14. The van der Waals surface area contributed by atoms with Crippen LogP contribution in [0.2, 0.25) is 0 Å². The predicted octanol–water partition coefficient (Wildman–Crippen LogP) is 0.503. The van der Waals surface area contributed by atoms with Crippen LogP contribution in [0.5, 0.6) is 0 Å². The van der Waals surface area contributed by atoms with Crippen LogP contribution in [0.25, 0.3) is 0 Å². The van der Waals surface area contributed by atoms with Crippen molar-refractivity contribution in [3.63, 3.8) is 0 Å². The summed E-state index contributed by atoms with van der Waals surface area (Å²) in [5.74, 6) is -0.00620. The van der Waals surface area contributed by atoms with Gasteiger partial charge in [-0.3, -0.25) is 4.79 Å². The Bertz CT molecular complexity index is 162. The van der Waals surface area contributed by atoms with Crippen LogP contribution in [0.3, 0.4) is 0 Å². The lowest BCUT2D eigenvalue weighted by Gasteiger charge is -2.20. The van der Waals surface area contributed by atoms with Gasteiger partial charge in [0.2, 0.25) is 0 Å². The Labute approximate surface area is 59.6 Å². The maximum atomic E-state index is 10.8. The van der Waals surface area contributed by atoms with Crippen molar-refractivity contribution in [1.82, 2.24) is 0 Å². The summed E-state index contributed by atoms with van der Waals surface area (Å²) in [7, 11) is 1.54. The number of ketones is 1. The van der Waals surface area contributed by atoms with Gasteiger partial charge in [0, 0.05) is 7.11 Å². The summed E-state index contributed by atoms with van der Waals surface area (Å²) in [6, 6.07) is 0. The molecule has 1 aliphatic heterocycles. The van der Waals surface area contributed by atoms with Crippen LogP contribution >= 0.6 is 0 Å². The Morgan fingerprint density at radius 1 is 1.70 bits per heavy atom. The van der Waals surface area contributed by atoms with E-state index in [9.17, 15) is 4.79 Å². The smallest absolute Gasteiger partial charge is 0.184 e. The fourth-order valence-corrected chi connectivity index (χ4v) is 0.757. The Morgan fingerprint density at radius 2 is 2.40 bits per heavy atom. The largest absolute Gasteiger partial charge is 0.352 e. The van der Waals surface area contributed by atoms with Crippen LogP contribution in [-0.4, -0.2) is 25.3 Å². The van der Waals surface area contributed by atoms with Crippen molar-refractivity contribution in [2.45, 2.75) is 19.3 Å². The van der Waals surface area contributed by atoms with Gasteiger partial charge in [-0.25, -0.2) is 0 Å². The molecule has 2 atom stereocenters. The normalized spacial score (nSPS) is 32.8. The third-order valence-corrected chi connectivity index (χ3v) is 1.39. The van der Waals surface area contributed by atoms with Crippen molar-refractivity contribution in [3.05, 3.63) is 12.2 Å². The van der Waals surface area contributed by atoms with Gasteiger partial charge in [0.25, 0.3) is 0 Å². The lowest BCUT2D eigenvalue weighted by atomic mass is 10.2. The Balaban J connectivity index is 2.59. The van der Waals surface area contributed by atoms with E-state index in [4.69, 9.17) is 9.47 Å². The van der Waals surface area contributed by atoms with E-state index in [1.165, 1.54) is 13.2 Å². The minimum atomic E-state index is -0.366. The molecule has 0 saturated heterocycles. The average molecular weight is 142 g/mol.